The molecule has 1 amide bonds. The fourth-order valence-corrected chi connectivity index (χ4v) is 2.62. The Morgan fingerprint density at radius 2 is 1.96 bits per heavy atom. The third-order valence-electron chi connectivity index (χ3n) is 4.34. The van der Waals surface area contributed by atoms with E-state index in [0.717, 1.165) is 0 Å². The molecule has 1 heterocycles. The highest BCUT2D eigenvalue weighted by Gasteiger charge is 2.61. The maximum Gasteiger partial charge on any atom is 0.352 e. The summed E-state index contributed by atoms with van der Waals surface area (Å²) in [6.45, 7) is 0. The van der Waals surface area contributed by atoms with E-state index in [0.29, 0.717) is 12.0 Å². The Balaban J connectivity index is 1.89. The number of alkyl halides is 2. The van der Waals surface area contributed by atoms with Crippen molar-refractivity contribution >= 4 is 11.7 Å². The predicted molar refractivity (Wildman–Crippen MR) is 81.0 cm³/mol. The largest absolute Gasteiger partial charge is 0.383 e. The molecule has 3 rings (SSSR count). The number of anilines is 1. The molecular weight excluding hydrogens is 323 g/mol. The molecule has 5 nitrogen and oxygen atoms in total. The first-order valence-corrected chi connectivity index (χ1v) is 7.43. The van der Waals surface area contributed by atoms with Crippen LogP contribution in [0, 0.1) is 5.82 Å². The normalized spacial score (nSPS) is 16.5. The van der Waals surface area contributed by atoms with Crippen LogP contribution in [0.25, 0.3) is 11.3 Å². The lowest BCUT2D eigenvalue weighted by atomic mass is 9.75. The van der Waals surface area contributed by atoms with Gasteiger partial charge in [0.25, 0.3) is 5.91 Å². The van der Waals surface area contributed by atoms with Gasteiger partial charge in [-0.15, -0.1) is 0 Å². The average molecular weight is 339 g/mol. The maximum absolute atomic E-state index is 14.2. The third-order valence-corrected chi connectivity index (χ3v) is 4.34. The molecule has 1 aromatic heterocycles. The average Bonchev–Trinajstić information content (AvgIpc) is 2.86. The maximum atomic E-state index is 14.2. The number of aliphatic hydroxyl groups is 1. The summed E-state index contributed by atoms with van der Waals surface area (Å²) in [5.41, 5.74) is -1.59. The predicted octanol–water partition coefficient (Wildman–Crippen LogP) is 2.72. The lowest BCUT2D eigenvalue weighted by Gasteiger charge is -2.41. The van der Waals surface area contributed by atoms with Crippen molar-refractivity contribution < 1.29 is 23.1 Å². The minimum atomic E-state index is -3.91. The highest BCUT2D eigenvalue weighted by molar-refractivity contribution is 5.99. The van der Waals surface area contributed by atoms with Crippen LogP contribution in [-0.2, 0) is 11.8 Å². The molecule has 0 unspecified atom stereocenters. The van der Waals surface area contributed by atoms with E-state index >= 15 is 0 Å². The first-order chi connectivity index (χ1) is 11.2. The van der Waals surface area contributed by atoms with Crippen LogP contribution in [0.5, 0.6) is 0 Å². The van der Waals surface area contributed by atoms with Gasteiger partial charge in [-0.3, -0.25) is 4.79 Å². The van der Waals surface area contributed by atoms with E-state index in [1.54, 1.807) is 0 Å². The van der Waals surface area contributed by atoms with Gasteiger partial charge in [-0.25, -0.2) is 9.37 Å². The zero-order valence-electron chi connectivity index (χ0n) is 12.9. The molecule has 0 aliphatic heterocycles. The van der Waals surface area contributed by atoms with Crippen LogP contribution < -0.4 is 5.32 Å². The van der Waals surface area contributed by atoms with Crippen molar-refractivity contribution in [3.63, 3.8) is 0 Å². The lowest BCUT2D eigenvalue weighted by Crippen LogP contribution is -2.59. The second kappa shape index (κ2) is 5.62. The first-order valence-electron chi connectivity index (χ1n) is 7.43. The monoisotopic (exact) mass is 339 g/mol. The summed E-state index contributed by atoms with van der Waals surface area (Å²) in [6.07, 6.45) is 1.56. The fraction of sp³-hybridized carbons (Fsp3) is 0.375. The van der Waals surface area contributed by atoms with Crippen molar-refractivity contribution in [3.05, 3.63) is 36.4 Å². The van der Waals surface area contributed by atoms with Crippen molar-refractivity contribution in [1.29, 1.82) is 0 Å². The Hall–Kier alpha value is -2.35. The molecule has 0 bridgehead atoms. The van der Waals surface area contributed by atoms with Crippen molar-refractivity contribution in [2.45, 2.75) is 30.8 Å². The standard InChI is InChI=1S/C16H16F3N3O2/c1-22-9-20-12(10-3-5-11(17)6-4-10)13(22)21-14(23)16(18,19)15(24)7-2-8-15/h3-6,9,24H,2,7-8H2,1H3,(H,21,23). The molecule has 0 atom stereocenters. The minimum absolute atomic E-state index is 0.0502. The first kappa shape index (κ1) is 16.5. The second-order valence-corrected chi connectivity index (χ2v) is 5.97. The van der Waals surface area contributed by atoms with Gasteiger partial charge in [0.15, 0.2) is 0 Å². The number of halogens is 3. The topological polar surface area (TPSA) is 67.2 Å². The zero-order chi connectivity index (χ0) is 17.5. The number of amides is 1. The number of rotatable bonds is 4. The zero-order valence-corrected chi connectivity index (χ0v) is 12.9. The van der Waals surface area contributed by atoms with Crippen LogP contribution in [0.3, 0.4) is 0 Å². The van der Waals surface area contributed by atoms with Crippen molar-refractivity contribution in [2.24, 2.45) is 7.05 Å². The number of hydrogen-bond acceptors (Lipinski definition) is 3. The quantitative estimate of drug-likeness (QED) is 0.900. The molecule has 8 heteroatoms. The molecule has 0 saturated heterocycles. The molecule has 1 aliphatic carbocycles. The molecule has 1 aromatic carbocycles. The number of carbonyl (C=O) groups excluding carboxylic acids is 1. The summed E-state index contributed by atoms with van der Waals surface area (Å²) in [5, 5.41) is 12.0. The molecule has 1 fully saturated rings. The van der Waals surface area contributed by atoms with Gasteiger partial charge < -0.3 is 15.0 Å². The molecule has 0 spiro atoms. The summed E-state index contributed by atoms with van der Waals surface area (Å²) in [6, 6.07) is 5.29. The van der Waals surface area contributed by atoms with Crippen LogP contribution in [0.1, 0.15) is 19.3 Å². The number of aryl methyl sites for hydroxylation is 1. The van der Waals surface area contributed by atoms with Crippen LogP contribution in [-0.4, -0.2) is 32.1 Å². The van der Waals surface area contributed by atoms with Crippen LogP contribution in [0.15, 0.2) is 30.6 Å². The van der Waals surface area contributed by atoms with Gasteiger partial charge in [-0.1, -0.05) is 0 Å². The van der Waals surface area contributed by atoms with E-state index in [4.69, 9.17) is 0 Å². The van der Waals surface area contributed by atoms with Gasteiger partial charge in [-0.2, -0.15) is 8.78 Å². The van der Waals surface area contributed by atoms with Crippen LogP contribution >= 0.6 is 0 Å². The van der Waals surface area contributed by atoms with Crippen molar-refractivity contribution in [3.8, 4) is 11.3 Å². The number of nitrogens with one attached hydrogen (secondary N) is 1. The van der Waals surface area contributed by atoms with Gasteiger partial charge in [0, 0.05) is 12.6 Å². The SMILES string of the molecule is Cn1cnc(-c2ccc(F)cc2)c1NC(=O)C(F)(F)C1(O)CCC1. The minimum Gasteiger partial charge on any atom is -0.383 e. The van der Waals surface area contributed by atoms with E-state index in [2.05, 4.69) is 10.3 Å². The van der Waals surface area contributed by atoms with E-state index < -0.39 is 23.2 Å². The van der Waals surface area contributed by atoms with E-state index in [1.807, 2.05) is 0 Å². The molecule has 1 aliphatic rings. The number of carbonyl (C=O) groups is 1. The van der Waals surface area contributed by atoms with Crippen molar-refractivity contribution in [1.82, 2.24) is 9.55 Å². The van der Waals surface area contributed by atoms with E-state index in [9.17, 15) is 23.1 Å². The van der Waals surface area contributed by atoms with Crippen molar-refractivity contribution in [2.75, 3.05) is 5.32 Å². The van der Waals surface area contributed by atoms with Crippen LogP contribution in [0.2, 0.25) is 0 Å². The number of benzene rings is 1. The smallest absolute Gasteiger partial charge is 0.352 e. The molecule has 1 saturated carbocycles. The highest BCUT2D eigenvalue weighted by Crippen LogP contribution is 2.44. The fourth-order valence-electron chi connectivity index (χ4n) is 2.62. The molecular formula is C16H16F3N3O2. The Morgan fingerprint density at radius 1 is 1.33 bits per heavy atom. The Labute approximate surface area is 136 Å². The number of nitrogens with zero attached hydrogens (tertiary/aromatic N) is 2. The summed E-state index contributed by atoms with van der Waals surface area (Å²) in [4.78, 5) is 16.1. The Kier molecular flexibility index (Phi) is 3.87. The van der Waals surface area contributed by atoms with Gasteiger partial charge >= 0.3 is 5.92 Å². The lowest BCUT2D eigenvalue weighted by molar-refractivity contribution is -0.212. The van der Waals surface area contributed by atoms with Crippen LogP contribution in [0.4, 0.5) is 19.0 Å². The third kappa shape index (κ3) is 2.56. The molecule has 2 N–H and O–H groups in total. The Morgan fingerprint density at radius 3 is 2.50 bits per heavy atom. The summed E-state index contributed by atoms with van der Waals surface area (Å²) in [7, 11) is 1.53. The van der Waals surface area contributed by atoms with E-state index in [-0.39, 0.29) is 24.4 Å². The molecule has 0 radical (unpaired) electrons. The molecule has 24 heavy (non-hydrogen) atoms. The number of imidazole rings is 1. The summed E-state index contributed by atoms with van der Waals surface area (Å²) >= 11 is 0. The molecule has 2 aromatic rings. The van der Waals surface area contributed by atoms with Gasteiger partial charge in [-0.05, 0) is 43.5 Å². The molecule has 128 valence electrons. The summed E-state index contributed by atoms with van der Waals surface area (Å²) in [5.74, 6) is -5.89. The highest BCUT2D eigenvalue weighted by atomic mass is 19.3. The van der Waals surface area contributed by atoms with Gasteiger partial charge in [0.1, 0.15) is 22.9 Å². The second-order valence-electron chi connectivity index (χ2n) is 5.97. The summed E-state index contributed by atoms with van der Waals surface area (Å²) < 4.78 is 42.8. The van der Waals surface area contributed by atoms with E-state index in [1.165, 1.54) is 42.2 Å². The Bertz CT molecular complexity index is 767. The van der Waals surface area contributed by atoms with Gasteiger partial charge in [0.2, 0.25) is 0 Å². The number of hydrogen-bond donors (Lipinski definition) is 2. The van der Waals surface area contributed by atoms with Gasteiger partial charge in [0.05, 0.1) is 6.33 Å². The number of aromatic nitrogens is 2.